The topological polar surface area (TPSA) is 43.1 Å². The van der Waals surface area contributed by atoms with Gasteiger partial charge in [0.15, 0.2) is 0 Å². The normalized spacial score (nSPS) is 47.5. The van der Waals surface area contributed by atoms with Gasteiger partial charge in [-0.2, -0.15) is 0 Å². The molecule has 0 aromatic heterocycles. The van der Waals surface area contributed by atoms with Crippen molar-refractivity contribution in [2.24, 2.45) is 16.7 Å². The average Bonchev–Trinajstić information content (AvgIpc) is 2.51. The van der Waals surface area contributed by atoms with Gasteiger partial charge >= 0.3 is 0 Å². The standard InChI is InChI=1S/C11H16BrNO2/c1-10-5-4-7(11(10,2)6-12)8(9(10)14)13(3)15/h7H,4-6H2,1-3H3/b13-8+/t7-,10-,11+/m0/s1. The van der Waals surface area contributed by atoms with E-state index in [2.05, 4.69) is 22.9 Å². The highest BCUT2D eigenvalue weighted by atomic mass is 79.9. The minimum atomic E-state index is -0.338. The predicted molar refractivity (Wildman–Crippen MR) is 62.3 cm³/mol. The molecule has 2 bridgehead atoms. The number of hydroxylamine groups is 1. The van der Waals surface area contributed by atoms with Crippen molar-refractivity contribution in [1.29, 1.82) is 0 Å². The molecule has 0 amide bonds. The van der Waals surface area contributed by atoms with Gasteiger partial charge in [0.2, 0.25) is 11.5 Å². The van der Waals surface area contributed by atoms with Crippen molar-refractivity contribution in [3.8, 4) is 0 Å². The third kappa shape index (κ3) is 1.06. The molecule has 0 radical (unpaired) electrons. The van der Waals surface area contributed by atoms with Gasteiger partial charge in [-0.25, -0.2) is 4.74 Å². The third-order valence-corrected chi connectivity index (χ3v) is 5.81. The van der Waals surface area contributed by atoms with Crippen molar-refractivity contribution in [2.75, 3.05) is 12.4 Å². The highest BCUT2D eigenvalue weighted by Gasteiger charge is 2.69. The van der Waals surface area contributed by atoms with E-state index in [1.807, 2.05) is 6.92 Å². The summed E-state index contributed by atoms with van der Waals surface area (Å²) in [5.74, 6) is 0.204. The van der Waals surface area contributed by atoms with Crippen LogP contribution in [0.25, 0.3) is 0 Å². The Hall–Kier alpha value is -0.380. The van der Waals surface area contributed by atoms with Crippen LogP contribution in [-0.2, 0) is 4.79 Å². The van der Waals surface area contributed by atoms with Gasteiger partial charge in [-0.05, 0) is 12.8 Å². The Morgan fingerprint density at radius 2 is 2.20 bits per heavy atom. The zero-order valence-electron chi connectivity index (χ0n) is 9.34. The van der Waals surface area contributed by atoms with Crippen molar-refractivity contribution in [1.82, 2.24) is 0 Å². The molecule has 2 fully saturated rings. The van der Waals surface area contributed by atoms with Crippen molar-refractivity contribution in [2.45, 2.75) is 26.7 Å². The van der Waals surface area contributed by atoms with Crippen LogP contribution < -0.4 is 0 Å². The molecule has 0 aliphatic heterocycles. The van der Waals surface area contributed by atoms with Gasteiger partial charge in [-0.1, -0.05) is 29.8 Å². The van der Waals surface area contributed by atoms with E-state index in [4.69, 9.17) is 0 Å². The highest BCUT2D eigenvalue weighted by Crippen LogP contribution is 2.63. The molecule has 2 saturated carbocycles. The van der Waals surface area contributed by atoms with Crippen LogP contribution in [-0.4, -0.2) is 28.6 Å². The van der Waals surface area contributed by atoms with E-state index >= 15 is 0 Å². The van der Waals surface area contributed by atoms with Crippen molar-refractivity contribution in [3.63, 3.8) is 0 Å². The van der Waals surface area contributed by atoms with Gasteiger partial charge in [-0.3, -0.25) is 4.79 Å². The van der Waals surface area contributed by atoms with Gasteiger partial charge in [0.1, 0.15) is 7.05 Å². The van der Waals surface area contributed by atoms with E-state index in [-0.39, 0.29) is 22.5 Å². The number of carbonyl (C=O) groups is 1. The second-order valence-corrected chi connectivity index (χ2v) is 5.75. The van der Waals surface area contributed by atoms with E-state index < -0.39 is 0 Å². The highest BCUT2D eigenvalue weighted by molar-refractivity contribution is 9.09. The van der Waals surface area contributed by atoms with Gasteiger partial charge in [0.05, 0.1) is 5.92 Å². The smallest absolute Gasteiger partial charge is 0.234 e. The van der Waals surface area contributed by atoms with Crippen LogP contribution >= 0.6 is 15.9 Å². The van der Waals surface area contributed by atoms with Gasteiger partial charge in [-0.15, -0.1) is 0 Å². The molecule has 0 unspecified atom stereocenters. The minimum Gasteiger partial charge on any atom is -0.624 e. The Morgan fingerprint density at radius 3 is 2.53 bits per heavy atom. The average molecular weight is 274 g/mol. The second-order valence-electron chi connectivity index (χ2n) is 5.19. The summed E-state index contributed by atoms with van der Waals surface area (Å²) < 4.78 is 0.776. The Balaban J connectivity index is 2.60. The number of hydrogen-bond acceptors (Lipinski definition) is 2. The first-order valence-electron chi connectivity index (χ1n) is 5.27. The number of fused-ring (bicyclic) bond motifs is 2. The number of rotatable bonds is 1. The third-order valence-electron chi connectivity index (χ3n) is 4.64. The Morgan fingerprint density at radius 1 is 1.60 bits per heavy atom. The van der Waals surface area contributed by atoms with Crippen molar-refractivity contribution >= 4 is 27.4 Å². The van der Waals surface area contributed by atoms with E-state index in [1.54, 1.807) is 0 Å². The number of halogens is 1. The maximum atomic E-state index is 12.2. The second kappa shape index (κ2) is 3.06. The number of nitrogens with zero attached hydrogens (tertiary/aromatic N) is 1. The zero-order chi connectivity index (χ0) is 11.4. The maximum Gasteiger partial charge on any atom is 0.234 e. The summed E-state index contributed by atoms with van der Waals surface area (Å²) in [6, 6.07) is 0. The summed E-state index contributed by atoms with van der Waals surface area (Å²) in [6.45, 7) is 4.13. The predicted octanol–water partition coefficient (Wildman–Crippen LogP) is 1.97. The molecule has 0 aromatic carbocycles. The number of carbonyl (C=O) groups excluding carboxylic acids is 1. The number of hydrogen-bond donors (Lipinski definition) is 0. The summed E-state index contributed by atoms with van der Waals surface area (Å²) in [7, 11) is 1.44. The van der Waals surface area contributed by atoms with Gasteiger partial charge in [0, 0.05) is 16.2 Å². The lowest BCUT2D eigenvalue weighted by molar-refractivity contribution is -0.424. The first kappa shape index (κ1) is 11.1. The number of Topliss-reactive ketones (excluding diaryl/α,β-unsaturated/α-hetero) is 1. The fraction of sp³-hybridized carbons (Fsp3) is 0.818. The molecule has 0 saturated heterocycles. The van der Waals surface area contributed by atoms with E-state index in [0.717, 1.165) is 22.9 Å². The minimum absolute atomic E-state index is 0.0678. The first-order chi connectivity index (χ1) is 6.88. The summed E-state index contributed by atoms with van der Waals surface area (Å²) in [5, 5.41) is 12.2. The molecular formula is C11H16BrNO2. The fourth-order valence-electron chi connectivity index (χ4n) is 3.28. The molecule has 0 aromatic rings. The van der Waals surface area contributed by atoms with Crippen LogP contribution in [0.5, 0.6) is 0 Å². The van der Waals surface area contributed by atoms with E-state index in [1.165, 1.54) is 7.05 Å². The number of ketones is 1. The lowest BCUT2D eigenvalue weighted by atomic mass is 9.70. The molecule has 3 atom stereocenters. The zero-order valence-corrected chi connectivity index (χ0v) is 10.9. The van der Waals surface area contributed by atoms with Crippen LogP contribution in [0.1, 0.15) is 26.7 Å². The number of alkyl halides is 1. The summed E-state index contributed by atoms with van der Waals surface area (Å²) in [4.78, 5) is 12.2. The van der Waals surface area contributed by atoms with Gasteiger partial charge in [0.25, 0.3) is 0 Å². The first-order valence-corrected chi connectivity index (χ1v) is 6.39. The van der Waals surface area contributed by atoms with Crippen LogP contribution in [0.2, 0.25) is 0 Å². The Kier molecular flexibility index (Phi) is 2.27. The monoisotopic (exact) mass is 273 g/mol. The molecular weight excluding hydrogens is 258 g/mol. The molecule has 84 valence electrons. The van der Waals surface area contributed by atoms with E-state index in [9.17, 15) is 10.0 Å². The van der Waals surface area contributed by atoms with Crippen LogP contribution in [0.15, 0.2) is 0 Å². The molecule has 3 nitrogen and oxygen atoms in total. The lowest BCUT2D eigenvalue weighted by Crippen LogP contribution is -2.37. The van der Waals surface area contributed by atoms with Crippen LogP contribution in [0, 0.1) is 22.0 Å². The quantitative estimate of drug-likeness (QED) is 0.317. The summed E-state index contributed by atoms with van der Waals surface area (Å²) in [5.41, 5.74) is 0.0680. The van der Waals surface area contributed by atoms with Crippen molar-refractivity contribution < 1.29 is 9.53 Å². The Bertz CT molecular complexity index is 362. The lowest BCUT2D eigenvalue weighted by Gasteiger charge is -2.33. The molecule has 15 heavy (non-hydrogen) atoms. The molecule has 2 rings (SSSR count). The SMILES string of the molecule is C/[N+]([O-])=C1\C(=O)[C@]2(C)CC[C@@H]1[C@@]2(C)CBr. The molecule has 0 heterocycles. The maximum absolute atomic E-state index is 12.2. The molecule has 0 spiro atoms. The van der Waals surface area contributed by atoms with Crippen LogP contribution in [0.3, 0.4) is 0 Å². The van der Waals surface area contributed by atoms with E-state index in [0.29, 0.717) is 5.71 Å². The summed E-state index contributed by atoms with van der Waals surface area (Å²) >= 11 is 3.51. The van der Waals surface area contributed by atoms with Crippen molar-refractivity contribution in [3.05, 3.63) is 5.21 Å². The largest absolute Gasteiger partial charge is 0.624 e. The molecule has 0 N–H and O–H groups in total. The Labute approximate surface area is 98.3 Å². The van der Waals surface area contributed by atoms with Gasteiger partial charge < -0.3 is 5.21 Å². The molecule has 4 heteroatoms. The fourth-order valence-corrected chi connectivity index (χ4v) is 4.29. The molecule has 2 aliphatic rings. The van der Waals surface area contributed by atoms with Crippen LogP contribution in [0.4, 0.5) is 0 Å². The summed E-state index contributed by atoms with van der Waals surface area (Å²) in [6.07, 6.45) is 1.88. The molecule has 2 aliphatic carbocycles.